The first-order valence-corrected chi connectivity index (χ1v) is 9.34. The van der Waals surface area contributed by atoms with E-state index in [2.05, 4.69) is 6.58 Å². The fraction of sp³-hybridized carbons (Fsp3) is 0.182. The van der Waals surface area contributed by atoms with Crippen LogP contribution in [0.2, 0.25) is 5.02 Å². The van der Waals surface area contributed by atoms with E-state index in [1.807, 2.05) is 6.92 Å². The van der Waals surface area contributed by atoms with E-state index in [0.29, 0.717) is 17.9 Å². The van der Waals surface area contributed by atoms with Crippen molar-refractivity contribution in [3.8, 4) is 5.75 Å². The number of Topliss-reactive ketones (excluding diaryl/α,β-unsaturated/α-hetero) is 1. The van der Waals surface area contributed by atoms with Crippen LogP contribution in [0.3, 0.4) is 0 Å². The van der Waals surface area contributed by atoms with Crippen LogP contribution in [0.4, 0.5) is 4.39 Å². The zero-order valence-corrected chi connectivity index (χ0v) is 16.4. The number of aliphatic hydroxyl groups excluding tert-OH is 1. The SMILES string of the molecule is C=CCN1C(=O)C(=O)C(=C(O)c2ccc(OCC)c(Cl)c2)C1c1ccc(F)cc1. The van der Waals surface area contributed by atoms with Gasteiger partial charge in [0.15, 0.2) is 0 Å². The molecule has 1 atom stereocenters. The van der Waals surface area contributed by atoms with Crippen LogP contribution in [0.1, 0.15) is 24.1 Å². The normalized spacial score (nSPS) is 18.2. The molecule has 1 aliphatic rings. The maximum absolute atomic E-state index is 13.4. The molecule has 1 aliphatic heterocycles. The molecule has 1 N–H and O–H groups in total. The Morgan fingerprint density at radius 3 is 2.55 bits per heavy atom. The predicted molar refractivity (Wildman–Crippen MR) is 108 cm³/mol. The number of hydrogen-bond donors (Lipinski definition) is 1. The monoisotopic (exact) mass is 415 g/mol. The molecule has 0 spiro atoms. The molecule has 2 aromatic rings. The first kappa shape index (κ1) is 20.6. The predicted octanol–water partition coefficient (Wildman–Crippen LogP) is 4.49. The lowest BCUT2D eigenvalue weighted by atomic mass is 9.95. The van der Waals surface area contributed by atoms with E-state index in [1.54, 1.807) is 12.1 Å². The minimum Gasteiger partial charge on any atom is -0.507 e. The molecule has 7 heteroatoms. The van der Waals surface area contributed by atoms with Crippen LogP contribution in [0.15, 0.2) is 60.7 Å². The Kier molecular flexibility index (Phi) is 6.03. The molecule has 0 radical (unpaired) electrons. The average molecular weight is 416 g/mol. The van der Waals surface area contributed by atoms with Crippen molar-refractivity contribution in [1.82, 2.24) is 4.90 Å². The number of rotatable bonds is 6. The highest BCUT2D eigenvalue weighted by molar-refractivity contribution is 6.46. The van der Waals surface area contributed by atoms with Gasteiger partial charge in [-0.3, -0.25) is 9.59 Å². The summed E-state index contributed by atoms with van der Waals surface area (Å²) < 4.78 is 18.8. The lowest BCUT2D eigenvalue weighted by Gasteiger charge is -2.24. The largest absolute Gasteiger partial charge is 0.507 e. The zero-order valence-electron chi connectivity index (χ0n) is 15.7. The van der Waals surface area contributed by atoms with E-state index in [0.717, 1.165) is 0 Å². The van der Waals surface area contributed by atoms with Gasteiger partial charge >= 0.3 is 0 Å². The molecule has 1 amide bonds. The fourth-order valence-electron chi connectivity index (χ4n) is 3.28. The average Bonchev–Trinajstić information content (AvgIpc) is 2.95. The molecule has 1 fully saturated rings. The van der Waals surface area contributed by atoms with Gasteiger partial charge < -0.3 is 14.7 Å². The van der Waals surface area contributed by atoms with Crippen molar-refractivity contribution in [3.63, 3.8) is 0 Å². The number of likely N-dealkylation sites (tertiary alicyclic amines) is 1. The van der Waals surface area contributed by atoms with Gasteiger partial charge in [0.1, 0.15) is 17.3 Å². The molecule has 1 heterocycles. The smallest absolute Gasteiger partial charge is 0.295 e. The van der Waals surface area contributed by atoms with Crippen molar-refractivity contribution in [2.75, 3.05) is 13.2 Å². The first-order valence-electron chi connectivity index (χ1n) is 8.96. The van der Waals surface area contributed by atoms with Crippen LogP contribution in [0.25, 0.3) is 5.76 Å². The van der Waals surface area contributed by atoms with Gasteiger partial charge in [-0.1, -0.05) is 29.8 Å². The van der Waals surface area contributed by atoms with Crippen molar-refractivity contribution in [2.45, 2.75) is 13.0 Å². The van der Waals surface area contributed by atoms with Crippen molar-refractivity contribution in [2.24, 2.45) is 0 Å². The minimum atomic E-state index is -0.876. The van der Waals surface area contributed by atoms with Gasteiger partial charge in [0, 0.05) is 12.1 Å². The highest BCUT2D eigenvalue weighted by Crippen LogP contribution is 2.40. The Bertz CT molecular complexity index is 1000. The lowest BCUT2D eigenvalue weighted by molar-refractivity contribution is -0.139. The van der Waals surface area contributed by atoms with Crippen molar-refractivity contribution in [1.29, 1.82) is 0 Å². The number of benzene rings is 2. The number of carbonyl (C=O) groups is 2. The second-order valence-corrected chi connectivity index (χ2v) is 6.78. The summed E-state index contributed by atoms with van der Waals surface area (Å²) in [6, 6.07) is 9.13. The topological polar surface area (TPSA) is 66.8 Å². The van der Waals surface area contributed by atoms with Gasteiger partial charge in [0.2, 0.25) is 0 Å². The van der Waals surface area contributed by atoms with Gasteiger partial charge in [-0.15, -0.1) is 6.58 Å². The lowest BCUT2D eigenvalue weighted by Crippen LogP contribution is -2.29. The van der Waals surface area contributed by atoms with Crippen molar-refractivity contribution < 1.29 is 23.8 Å². The summed E-state index contributed by atoms with van der Waals surface area (Å²) in [5.74, 6) is -1.98. The molecule has 0 aromatic heterocycles. The second kappa shape index (κ2) is 8.49. The van der Waals surface area contributed by atoms with Gasteiger partial charge in [-0.25, -0.2) is 4.39 Å². The summed E-state index contributed by atoms with van der Waals surface area (Å²) in [4.78, 5) is 26.6. The highest BCUT2D eigenvalue weighted by atomic mass is 35.5. The molecule has 0 bridgehead atoms. The molecule has 0 aliphatic carbocycles. The molecule has 1 saturated heterocycles. The molecular formula is C22H19ClFNO4. The zero-order chi connectivity index (χ0) is 21.1. The van der Waals surface area contributed by atoms with Crippen molar-refractivity contribution in [3.05, 3.63) is 82.7 Å². The third-order valence-electron chi connectivity index (χ3n) is 4.56. The molecular weight excluding hydrogens is 397 g/mol. The van der Waals surface area contributed by atoms with Crippen LogP contribution in [-0.2, 0) is 9.59 Å². The second-order valence-electron chi connectivity index (χ2n) is 6.37. The Morgan fingerprint density at radius 2 is 1.97 bits per heavy atom. The van der Waals surface area contributed by atoms with Crippen LogP contribution < -0.4 is 4.74 Å². The summed E-state index contributed by atoms with van der Waals surface area (Å²) in [5, 5.41) is 11.2. The third-order valence-corrected chi connectivity index (χ3v) is 4.85. The Balaban J connectivity index is 2.15. The molecule has 2 aromatic carbocycles. The number of nitrogens with zero attached hydrogens (tertiary/aromatic N) is 1. The number of aliphatic hydroxyl groups is 1. The van der Waals surface area contributed by atoms with E-state index in [-0.39, 0.29) is 28.5 Å². The number of ketones is 1. The van der Waals surface area contributed by atoms with Gasteiger partial charge in [-0.05, 0) is 42.8 Å². The minimum absolute atomic E-state index is 0.0907. The van der Waals surface area contributed by atoms with E-state index in [9.17, 15) is 19.1 Å². The van der Waals surface area contributed by atoms with Crippen LogP contribution in [0.5, 0.6) is 5.75 Å². The third kappa shape index (κ3) is 3.89. The summed E-state index contributed by atoms with van der Waals surface area (Å²) in [5.41, 5.74) is 0.664. The number of amides is 1. The summed E-state index contributed by atoms with van der Waals surface area (Å²) in [7, 11) is 0. The summed E-state index contributed by atoms with van der Waals surface area (Å²) >= 11 is 6.20. The van der Waals surface area contributed by atoms with Crippen LogP contribution in [0, 0.1) is 5.82 Å². The van der Waals surface area contributed by atoms with E-state index < -0.39 is 23.5 Å². The highest BCUT2D eigenvalue weighted by Gasteiger charge is 2.45. The molecule has 29 heavy (non-hydrogen) atoms. The van der Waals surface area contributed by atoms with E-state index >= 15 is 0 Å². The maximum atomic E-state index is 13.4. The Labute approximate surface area is 172 Å². The van der Waals surface area contributed by atoms with Crippen molar-refractivity contribution >= 4 is 29.1 Å². The van der Waals surface area contributed by atoms with Crippen LogP contribution in [-0.4, -0.2) is 34.8 Å². The van der Waals surface area contributed by atoms with E-state index in [4.69, 9.17) is 16.3 Å². The van der Waals surface area contributed by atoms with Gasteiger partial charge in [0.05, 0.1) is 23.2 Å². The molecule has 1 unspecified atom stereocenters. The van der Waals surface area contributed by atoms with Crippen LogP contribution >= 0.6 is 11.6 Å². The standard InChI is InChI=1S/C22H19ClFNO4/c1-3-11-25-19(13-5-8-15(24)9-6-13)18(21(27)22(25)28)20(26)14-7-10-17(29-4-2)16(23)12-14/h3,5-10,12,19,26H,1,4,11H2,2H3. The number of halogens is 2. The number of hydrogen-bond acceptors (Lipinski definition) is 4. The number of ether oxygens (including phenoxy) is 1. The molecule has 3 rings (SSSR count). The fourth-order valence-corrected chi connectivity index (χ4v) is 3.51. The summed E-state index contributed by atoms with van der Waals surface area (Å²) in [6.45, 7) is 5.94. The quantitative estimate of drug-likeness (QED) is 0.327. The molecule has 150 valence electrons. The molecule has 5 nitrogen and oxygen atoms in total. The van der Waals surface area contributed by atoms with Gasteiger partial charge in [0.25, 0.3) is 11.7 Å². The molecule has 0 saturated carbocycles. The Morgan fingerprint density at radius 1 is 1.28 bits per heavy atom. The van der Waals surface area contributed by atoms with Gasteiger partial charge in [-0.2, -0.15) is 0 Å². The Hall–Kier alpha value is -3.12. The summed E-state index contributed by atoms with van der Waals surface area (Å²) in [6.07, 6.45) is 1.48. The van der Waals surface area contributed by atoms with E-state index in [1.165, 1.54) is 41.3 Å². The maximum Gasteiger partial charge on any atom is 0.295 e. The number of carbonyl (C=O) groups excluding carboxylic acids is 2. The first-order chi connectivity index (χ1) is 13.9.